The summed E-state index contributed by atoms with van der Waals surface area (Å²) < 4.78 is 57.0. The molecule has 0 amide bonds. The fraction of sp³-hybridized carbons (Fsp3) is 0.481. The van der Waals surface area contributed by atoms with Gasteiger partial charge < -0.3 is 0 Å². The number of fused-ring (bicyclic) bond motifs is 1. The third kappa shape index (κ3) is 4.88. The van der Waals surface area contributed by atoms with Crippen molar-refractivity contribution < 1.29 is 17.6 Å². The van der Waals surface area contributed by atoms with Crippen LogP contribution >= 0.6 is 0 Å². The van der Waals surface area contributed by atoms with Crippen LogP contribution in [0.1, 0.15) is 92.9 Å². The average Bonchev–Trinajstić information content (AvgIpc) is 3.13. The van der Waals surface area contributed by atoms with Gasteiger partial charge in [0, 0.05) is 5.56 Å². The van der Waals surface area contributed by atoms with Gasteiger partial charge in [-0.25, -0.2) is 17.6 Å². The highest BCUT2D eigenvalue weighted by Crippen LogP contribution is 2.40. The van der Waals surface area contributed by atoms with E-state index in [9.17, 15) is 17.6 Å². The molecule has 2 aromatic carbocycles. The Kier molecular flexibility index (Phi) is 6.83. The number of benzene rings is 2. The highest BCUT2D eigenvalue weighted by molar-refractivity contribution is 5.89. The lowest BCUT2D eigenvalue weighted by Gasteiger charge is -2.29. The standard InChI is InChI=1S/C27H30F4/c1-2-3-4-5-6-17-7-9-18(10-8-17)21-15-25(30)27(26(31)16-21)22-11-19-13-23(28)24(29)14-20(19)12-22/h11,13-18H,2-10,12H2,1H3. The van der Waals surface area contributed by atoms with Crippen molar-refractivity contribution in [3.05, 3.63) is 69.8 Å². The smallest absolute Gasteiger partial charge is 0.159 e. The normalized spacial score (nSPS) is 20.6. The number of halogens is 4. The molecule has 0 bridgehead atoms. The van der Waals surface area contributed by atoms with E-state index in [1.165, 1.54) is 44.2 Å². The van der Waals surface area contributed by atoms with Gasteiger partial charge in [-0.1, -0.05) is 45.1 Å². The van der Waals surface area contributed by atoms with Gasteiger partial charge in [-0.15, -0.1) is 0 Å². The van der Waals surface area contributed by atoms with Crippen LogP contribution in [0, 0.1) is 29.2 Å². The van der Waals surface area contributed by atoms with Crippen molar-refractivity contribution in [2.75, 3.05) is 0 Å². The van der Waals surface area contributed by atoms with Gasteiger partial charge in [-0.3, -0.25) is 0 Å². The quantitative estimate of drug-likeness (QED) is 0.305. The Balaban J connectivity index is 1.44. The van der Waals surface area contributed by atoms with Crippen molar-refractivity contribution in [3.63, 3.8) is 0 Å². The minimum atomic E-state index is -0.950. The molecule has 2 aliphatic carbocycles. The molecule has 0 atom stereocenters. The van der Waals surface area contributed by atoms with Crippen LogP contribution in [0.15, 0.2) is 24.3 Å². The molecule has 4 rings (SSSR count). The summed E-state index contributed by atoms with van der Waals surface area (Å²) in [6.45, 7) is 2.22. The summed E-state index contributed by atoms with van der Waals surface area (Å²) in [5, 5.41) is 0. The molecular formula is C27H30F4. The highest BCUT2D eigenvalue weighted by atomic mass is 19.2. The van der Waals surface area contributed by atoms with Crippen LogP contribution in [-0.4, -0.2) is 0 Å². The molecule has 4 heteroatoms. The maximum atomic E-state index is 15.0. The van der Waals surface area contributed by atoms with Crippen LogP contribution in [0.2, 0.25) is 0 Å². The lowest BCUT2D eigenvalue weighted by atomic mass is 9.76. The molecule has 0 aliphatic heterocycles. The fourth-order valence-electron chi connectivity index (χ4n) is 5.27. The topological polar surface area (TPSA) is 0 Å². The molecule has 0 spiro atoms. The summed E-state index contributed by atoms with van der Waals surface area (Å²) >= 11 is 0. The molecule has 1 fully saturated rings. The van der Waals surface area contributed by atoms with E-state index in [4.69, 9.17) is 0 Å². The van der Waals surface area contributed by atoms with Gasteiger partial charge in [0.1, 0.15) is 11.6 Å². The molecule has 166 valence electrons. The van der Waals surface area contributed by atoms with E-state index in [0.717, 1.165) is 49.3 Å². The lowest BCUT2D eigenvalue weighted by molar-refractivity contribution is 0.301. The first-order chi connectivity index (χ1) is 15.0. The number of unbranched alkanes of at least 4 members (excludes halogenated alkanes) is 3. The first-order valence-corrected chi connectivity index (χ1v) is 11.6. The van der Waals surface area contributed by atoms with E-state index >= 15 is 0 Å². The van der Waals surface area contributed by atoms with E-state index in [-0.39, 0.29) is 17.9 Å². The number of allylic oxidation sites excluding steroid dienone is 1. The Hall–Kier alpha value is -2.10. The Labute approximate surface area is 182 Å². The van der Waals surface area contributed by atoms with Gasteiger partial charge in [0.05, 0.1) is 0 Å². The molecule has 31 heavy (non-hydrogen) atoms. The van der Waals surface area contributed by atoms with Crippen LogP contribution < -0.4 is 0 Å². The van der Waals surface area contributed by atoms with E-state index < -0.39 is 23.3 Å². The average molecular weight is 431 g/mol. The molecule has 0 aromatic heterocycles. The van der Waals surface area contributed by atoms with Crippen molar-refractivity contribution in [2.24, 2.45) is 5.92 Å². The molecule has 2 aliphatic rings. The van der Waals surface area contributed by atoms with Gasteiger partial charge in [0.2, 0.25) is 0 Å². The Morgan fingerprint density at radius 3 is 2.13 bits per heavy atom. The van der Waals surface area contributed by atoms with Crippen LogP contribution in [0.25, 0.3) is 11.6 Å². The molecule has 1 saturated carbocycles. The van der Waals surface area contributed by atoms with E-state index in [2.05, 4.69) is 6.92 Å². The van der Waals surface area contributed by atoms with Gasteiger partial charge in [-0.05, 0) is 90.5 Å². The van der Waals surface area contributed by atoms with Crippen molar-refractivity contribution >= 4 is 11.6 Å². The van der Waals surface area contributed by atoms with Crippen LogP contribution in [0.3, 0.4) is 0 Å². The zero-order chi connectivity index (χ0) is 22.0. The van der Waals surface area contributed by atoms with E-state index in [1.54, 1.807) is 6.08 Å². The molecule has 0 heterocycles. The van der Waals surface area contributed by atoms with Crippen LogP contribution in [-0.2, 0) is 6.42 Å². The Morgan fingerprint density at radius 2 is 1.45 bits per heavy atom. The molecule has 0 radical (unpaired) electrons. The molecule has 0 N–H and O–H groups in total. The Bertz CT molecular complexity index is 944. The number of hydrogen-bond donors (Lipinski definition) is 0. The molecule has 0 unspecified atom stereocenters. The van der Waals surface area contributed by atoms with Gasteiger partial charge in [0.15, 0.2) is 11.6 Å². The maximum Gasteiger partial charge on any atom is 0.159 e. The minimum absolute atomic E-state index is 0.0784. The summed E-state index contributed by atoms with van der Waals surface area (Å²) in [6.07, 6.45) is 12.4. The van der Waals surface area contributed by atoms with E-state index in [0.29, 0.717) is 16.7 Å². The summed E-state index contributed by atoms with van der Waals surface area (Å²) in [4.78, 5) is 0. The zero-order valence-electron chi connectivity index (χ0n) is 18.1. The highest BCUT2D eigenvalue weighted by Gasteiger charge is 2.26. The second-order valence-corrected chi connectivity index (χ2v) is 9.24. The third-order valence-corrected chi connectivity index (χ3v) is 7.06. The first-order valence-electron chi connectivity index (χ1n) is 11.6. The van der Waals surface area contributed by atoms with Crippen LogP contribution in [0.5, 0.6) is 0 Å². The molecule has 0 nitrogen and oxygen atoms in total. The van der Waals surface area contributed by atoms with Crippen molar-refractivity contribution in [1.29, 1.82) is 0 Å². The van der Waals surface area contributed by atoms with E-state index in [1.807, 2.05) is 0 Å². The predicted octanol–water partition coefficient (Wildman–Crippen LogP) is 8.58. The van der Waals surface area contributed by atoms with Gasteiger partial charge in [-0.2, -0.15) is 0 Å². The zero-order valence-corrected chi connectivity index (χ0v) is 18.1. The lowest BCUT2D eigenvalue weighted by Crippen LogP contribution is -2.14. The van der Waals surface area contributed by atoms with Crippen molar-refractivity contribution in [1.82, 2.24) is 0 Å². The third-order valence-electron chi connectivity index (χ3n) is 7.06. The van der Waals surface area contributed by atoms with Crippen LogP contribution in [0.4, 0.5) is 17.6 Å². The Morgan fingerprint density at radius 1 is 0.774 bits per heavy atom. The summed E-state index contributed by atoms with van der Waals surface area (Å²) in [5.74, 6) is -2.12. The van der Waals surface area contributed by atoms with Crippen molar-refractivity contribution in [2.45, 2.75) is 77.0 Å². The van der Waals surface area contributed by atoms with Gasteiger partial charge >= 0.3 is 0 Å². The van der Waals surface area contributed by atoms with Gasteiger partial charge in [0.25, 0.3) is 0 Å². The molecule has 0 saturated heterocycles. The molecule has 2 aromatic rings. The SMILES string of the molecule is CCCCCCC1CCC(c2cc(F)c(C3=Cc4cc(F)c(F)cc4C3)c(F)c2)CC1. The minimum Gasteiger partial charge on any atom is -0.206 e. The summed E-state index contributed by atoms with van der Waals surface area (Å²) in [6, 6.07) is 5.13. The molecular weight excluding hydrogens is 400 g/mol. The maximum absolute atomic E-state index is 15.0. The fourth-order valence-corrected chi connectivity index (χ4v) is 5.27. The largest absolute Gasteiger partial charge is 0.206 e. The summed E-state index contributed by atoms with van der Waals surface area (Å²) in [7, 11) is 0. The predicted molar refractivity (Wildman–Crippen MR) is 118 cm³/mol. The summed E-state index contributed by atoms with van der Waals surface area (Å²) in [5.41, 5.74) is 2.11. The second-order valence-electron chi connectivity index (χ2n) is 9.24. The number of rotatable bonds is 7. The first kappa shape index (κ1) is 22.1. The van der Waals surface area contributed by atoms with Crippen molar-refractivity contribution in [3.8, 4) is 0 Å². The number of hydrogen-bond acceptors (Lipinski definition) is 0. The monoisotopic (exact) mass is 430 g/mol. The second kappa shape index (κ2) is 9.58.